The molecule has 2 aromatic rings. The van der Waals surface area contributed by atoms with Crippen molar-refractivity contribution in [2.45, 2.75) is 18.9 Å². The number of aliphatic hydroxyl groups excluding tert-OH is 1. The van der Waals surface area contributed by atoms with Crippen LogP contribution in [0.3, 0.4) is 0 Å². The van der Waals surface area contributed by atoms with Crippen LogP contribution in [-0.2, 0) is 4.79 Å². The number of benzene rings is 1. The Morgan fingerprint density at radius 2 is 2.08 bits per heavy atom. The number of carbonyl (C=O) groups excluding carboxylic acids is 1. The second kappa shape index (κ2) is 7.80. The van der Waals surface area contributed by atoms with Crippen molar-refractivity contribution in [2.75, 3.05) is 25.0 Å². The van der Waals surface area contributed by atoms with Crippen LogP contribution in [0.1, 0.15) is 12.8 Å². The molecule has 0 radical (unpaired) electrons. The van der Waals surface area contributed by atoms with E-state index in [0.717, 1.165) is 23.7 Å². The van der Waals surface area contributed by atoms with E-state index in [2.05, 4.69) is 10.3 Å². The number of halogens is 2. The van der Waals surface area contributed by atoms with Gasteiger partial charge in [0.15, 0.2) is 0 Å². The van der Waals surface area contributed by atoms with Gasteiger partial charge in [-0.2, -0.15) is 0 Å². The summed E-state index contributed by atoms with van der Waals surface area (Å²) in [5.74, 6) is 0.431. The van der Waals surface area contributed by atoms with Gasteiger partial charge in [0.2, 0.25) is 5.91 Å². The number of nitrogens with one attached hydrogen (secondary N) is 1. The molecule has 5 nitrogen and oxygen atoms in total. The molecule has 1 fully saturated rings. The fraction of sp³-hybridized carbons (Fsp3) is 0.375. The number of carbonyl (C=O) groups is 1. The number of hydrogen-bond acceptors (Lipinski definition) is 5. The minimum absolute atomic E-state index is 0.0996. The summed E-state index contributed by atoms with van der Waals surface area (Å²) in [5.41, 5.74) is 0.861. The lowest BCUT2D eigenvalue weighted by Gasteiger charge is -2.28. The molecule has 2 heterocycles. The van der Waals surface area contributed by atoms with Crippen molar-refractivity contribution < 1.29 is 9.90 Å². The Hall–Kier alpha value is -1.18. The number of rotatable bonds is 4. The molecule has 0 saturated carbocycles. The Morgan fingerprint density at radius 3 is 2.79 bits per heavy atom. The van der Waals surface area contributed by atoms with Crippen LogP contribution in [0.5, 0.6) is 0 Å². The second-order valence-electron chi connectivity index (χ2n) is 5.72. The van der Waals surface area contributed by atoms with E-state index in [0.29, 0.717) is 35.2 Å². The third-order valence-electron chi connectivity index (χ3n) is 3.86. The van der Waals surface area contributed by atoms with Gasteiger partial charge in [0, 0.05) is 24.0 Å². The summed E-state index contributed by atoms with van der Waals surface area (Å²) in [4.78, 5) is 18.6. The Bertz CT molecular complexity index is 730. The zero-order chi connectivity index (χ0) is 17.1. The highest BCUT2D eigenvalue weighted by molar-refractivity contribution is 7.13. The summed E-state index contributed by atoms with van der Waals surface area (Å²) in [6.45, 7) is 1.78. The van der Waals surface area contributed by atoms with Gasteiger partial charge in [0.05, 0.1) is 22.7 Å². The Kier molecular flexibility index (Phi) is 5.73. The number of thiazole rings is 1. The third-order valence-corrected chi connectivity index (χ3v) is 5.49. The molecule has 0 aliphatic carbocycles. The number of hydrogen-bond donors (Lipinski definition) is 2. The molecule has 0 spiro atoms. The van der Waals surface area contributed by atoms with Crippen LogP contribution in [0.2, 0.25) is 10.0 Å². The number of aliphatic hydroxyl groups is 1. The van der Waals surface area contributed by atoms with Crippen molar-refractivity contribution in [1.82, 2.24) is 9.88 Å². The second-order valence-corrected chi connectivity index (χ2v) is 7.39. The number of anilines is 1. The standard InChI is InChI=1S/C16H17Cl2N3O2S/c17-12-2-1-10(7-13(12)18)16-20-14(9-24-16)19-15(23)8-21-5-3-11(22)4-6-21/h1-2,7,9,11,22H,3-6,8H2,(H,19,23). The number of nitrogens with zero attached hydrogens (tertiary/aromatic N) is 2. The first kappa shape index (κ1) is 17.6. The SMILES string of the molecule is O=C(CN1CCC(O)CC1)Nc1csc(-c2ccc(Cl)c(Cl)c2)n1. The van der Waals surface area contributed by atoms with E-state index in [1.807, 2.05) is 11.0 Å². The molecule has 2 N–H and O–H groups in total. The van der Waals surface area contributed by atoms with Gasteiger partial charge >= 0.3 is 0 Å². The maximum absolute atomic E-state index is 12.1. The first-order valence-electron chi connectivity index (χ1n) is 7.62. The van der Waals surface area contributed by atoms with Gasteiger partial charge in [-0.15, -0.1) is 11.3 Å². The molecule has 1 aromatic carbocycles. The fourth-order valence-corrected chi connectivity index (χ4v) is 3.60. The molecule has 1 amide bonds. The zero-order valence-corrected chi connectivity index (χ0v) is 15.2. The van der Waals surface area contributed by atoms with Gasteiger partial charge < -0.3 is 10.4 Å². The molecule has 0 unspecified atom stereocenters. The van der Waals surface area contributed by atoms with Crippen molar-refractivity contribution in [3.8, 4) is 10.6 Å². The molecule has 3 rings (SSSR count). The minimum atomic E-state index is -0.239. The van der Waals surface area contributed by atoms with Gasteiger partial charge in [-0.1, -0.05) is 29.3 Å². The van der Waals surface area contributed by atoms with Crippen molar-refractivity contribution in [2.24, 2.45) is 0 Å². The highest BCUT2D eigenvalue weighted by atomic mass is 35.5. The summed E-state index contributed by atoms with van der Waals surface area (Å²) in [6, 6.07) is 5.33. The average molecular weight is 386 g/mol. The molecular weight excluding hydrogens is 369 g/mol. The topological polar surface area (TPSA) is 65.5 Å². The Morgan fingerprint density at radius 1 is 1.33 bits per heavy atom. The molecular formula is C16H17Cl2N3O2S. The molecule has 0 atom stereocenters. The molecule has 1 saturated heterocycles. The first-order chi connectivity index (χ1) is 11.5. The maximum atomic E-state index is 12.1. The van der Waals surface area contributed by atoms with Crippen molar-refractivity contribution in [3.05, 3.63) is 33.6 Å². The van der Waals surface area contributed by atoms with Gasteiger partial charge in [-0.3, -0.25) is 9.69 Å². The zero-order valence-electron chi connectivity index (χ0n) is 12.8. The van der Waals surface area contributed by atoms with E-state index in [1.165, 1.54) is 11.3 Å². The van der Waals surface area contributed by atoms with E-state index in [9.17, 15) is 9.90 Å². The van der Waals surface area contributed by atoms with E-state index in [4.69, 9.17) is 23.2 Å². The Labute approximate surface area is 154 Å². The number of amides is 1. The molecule has 1 aliphatic rings. The third kappa shape index (κ3) is 4.46. The van der Waals surface area contributed by atoms with E-state index >= 15 is 0 Å². The minimum Gasteiger partial charge on any atom is -0.393 e. The van der Waals surface area contributed by atoms with Crippen LogP contribution >= 0.6 is 34.5 Å². The van der Waals surface area contributed by atoms with Crippen LogP contribution < -0.4 is 5.32 Å². The number of piperidine rings is 1. The van der Waals surface area contributed by atoms with Gasteiger partial charge in [0.1, 0.15) is 10.8 Å². The van der Waals surface area contributed by atoms with E-state index < -0.39 is 0 Å². The molecule has 8 heteroatoms. The molecule has 1 aliphatic heterocycles. The van der Waals surface area contributed by atoms with Crippen LogP contribution in [0.25, 0.3) is 10.6 Å². The predicted molar refractivity (Wildman–Crippen MR) is 97.9 cm³/mol. The highest BCUT2D eigenvalue weighted by Gasteiger charge is 2.19. The predicted octanol–water partition coefficient (Wildman–Crippen LogP) is 3.51. The summed E-state index contributed by atoms with van der Waals surface area (Å²) in [7, 11) is 0. The molecule has 1 aromatic heterocycles. The molecule has 128 valence electrons. The summed E-state index contributed by atoms with van der Waals surface area (Å²) in [5, 5.41) is 15.8. The molecule has 0 bridgehead atoms. The molecule has 24 heavy (non-hydrogen) atoms. The van der Waals surface area contributed by atoms with Crippen LogP contribution in [0.15, 0.2) is 23.6 Å². The van der Waals surface area contributed by atoms with Crippen LogP contribution in [-0.4, -0.2) is 46.6 Å². The number of likely N-dealkylation sites (tertiary alicyclic amines) is 1. The maximum Gasteiger partial charge on any atom is 0.239 e. The normalized spacial score (nSPS) is 16.3. The number of aromatic nitrogens is 1. The van der Waals surface area contributed by atoms with Gasteiger partial charge in [-0.05, 0) is 25.0 Å². The van der Waals surface area contributed by atoms with Crippen molar-refractivity contribution in [1.29, 1.82) is 0 Å². The first-order valence-corrected chi connectivity index (χ1v) is 9.26. The summed E-state index contributed by atoms with van der Waals surface area (Å²) >= 11 is 13.4. The Balaban J connectivity index is 1.59. The smallest absolute Gasteiger partial charge is 0.239 e. The average Bonchev–Trinajstić information content (AvgIpc) is 3.00. The lowest BCUT2D eigenvalue weighted by Crippen LogP contribution is -2.40. The highest BCUT2D eigenvalue weighted by Crippen LogP contribution is 2.31. The van der Waals surface area contributed by atoms with E-state index in [1.54, 1.807) is 17.5 Å². The van der Waals surface area contributed by atoms with Gasteiger partial charge in [0.25, 0.3) is 0 Å². The lowest BCUT2D eigenvalue weighted by molar-refractivity contribution is -0.117. The fourth-order valence-electron chi connectivity index (χ4n) is 2.56. The lowest BCUT2D eigenvalue weighted by atomic mass is 10.1. The van der Waals surface area contributed by atoms with Crippen molar-refractivity contribution in [3.63, 3.8) is 0 Å². The van der Waals surface area contributed by atoms with Crippen molar-refractivity contribution >= 4 is 46.3 Å². The van der Waals surface area contributed by atoms with Crippen LogP contribution in [0.4, 0.5) is 5.82 Å². The monoisotopic (exact) mass is 385 g/mol. The quantitative estimate of drug-likeness (QED) is 0.844. The summed E-state index contributed by atoms with van der Waals surface area (Å²) < 4.78 is 0. The largest absolute Gasteiger partial charge is 0.393 e. The van der Waals surface area contributed by atoms with E-state index in [-0.39, 0.29) is 12.0 Å². The van der Waals surface area contributed by atoms with Gasteiger partial charge in [-0.25, -0.2) is 4.98 Å². The van der Waals surface area contributed by atoms with Crippen LogP contribution in [0, 0.1) is 0 Å². The summed E-state index contributed by atoms with van der Waals surface area (Å²) in [6.07, 6.45) is 1.19.